The zero-order valence-corrected chi connectivity index (χ0v) is 13.2. The Morgan fingerprint density at radius 1 is 1.05 bits per heavy atom. The molecule has 0 spiro atoms. The van der Waals surface area contributed by atoms with E-state index in [4.69, 9.17) is 25.8 Å². The van der Waals surface area contributed by atoms with Gasteiger partial charge in [-0.25, -0.2) is 0 Å². The molecule has 0 aliphatic rings. The molecule has 2 aromatic carbocycles. The molecule has 4 nitrogen and oxygen atoms in total. The minimum Gasteiger partial charge on any atom is -0.493 e. The second-order valence-corrected chi connectivity index (χ2v) is 5.01. The molecule has 0 fully saturated rings. The lowest BCUT2D eigenvalue weighted by molar-refractivity contribution is -0.144. The van der Waals surface area contributed by atoms with Crippen LogP contribution in [-0.2, 0) is 16.1 Å². The first-order chi connectivity index (χ1) is 10.7. The summed E-state index contributed by atoms with van der Waals surface area (Å²) in [5, 5.41) is -0.900. The first kappa shape index (κ1) is 16.2. The van der Waals surface area contributed by atoms with Gasteiger partial charge in [0, 0.05) is 0 Å². The summed E-state index contributed by atoms with van der Waals surface area (Å²) in [6, 6.07) is 14.5. The molecule has 2 aromatic rings. The molecule has 0 amide bonds. The molecule has 0 aromatic heterocycles. The van der Waals surface area contributed by atoms with E-state index in [9.17, 15) is 4.79 Å². The van der Waals surface area contributed by atoms with E-state index in [1.807, 2.05) is 30.3 Å². The molecule has 0 unspecified atom stereocenters. The zero-order valence-electron chi connectivity index (χ0n) is 12.4. The number of esters is 1. The van der Waals surface area contributed by atoms with Gasteiger partial charge in [0.2, 0.25) is 0 Å². The van der Waals surface area contributed by atoms with Crippen LogP contribution in [0.4, 0.5) is 0 Å². The van der Waals surface area contributed by atoms with E-state index < -0.39 is 11.3 Å². The van der Waals surface area contributed by atoms with Gasteiger partial charge in [-0.3, -0.25) is 4.79 Å². The predicted molar refractivity (Wildman–Crippen MR) is 84.4 cm³/mol. The summed E-state index contributed by atoms with van der Waals surface area (Å²) in [6.45, 7) is 0.191. The first-order valence-corrected chi connectivity index (χ1v) is 7.16. The highest BCUT2D eigenvalue weighted by Gasteiger charge is 2.21. The quantitative estimate of drug-likeness (QED) is 0.601. The predicted octanol–water partition coefficient (Wildman–Crippen LogP) is 3.73. The summed E-state index contributed by atoms with van der Waals surface area (Å²) in [5.74, 6) is 0.590. The maximum atomic E-state index is 12.0. The molecule has 0 aliphatic carbocycles. The van der Waals surface area contributed by atoms with Crippen molar-refractivity contribution in [2.24, 2.45) is 0 Å². The van der Waals surface area contributed by atoms with E-state index in [1.54, 1.807) is 25.3 Å². The van der Waals surface area contributed by atoms with Crippen molar-refractivity contribution in [1.82, 2.24) is 0 Å². The van der Waals surface area contributed by atoms with Crippen LogP contribution in [-0.4, -0.2) is 20.2 Å². The second-order valence-electron chi connectivity index (χ2n) is 4.57. The maximum absolute atomic E-state index is 12.0. The van der Waals surface area contributed by atoms with Crippen molar-refractivity contribution in [1.29, 1.82) is 0 Å². The molecule has 0 bridgehead atoms. The van der Waals surface area contributed by atoms with E-state index in [0.717, 1.165) is 5.56 Å². The summed E-state index contributed by atoms with van der Waals surface area (Å²) in [5.41, 5.74) is 1.50. The fraction of sp³-hybridized carbons (Fsp3) is 0.235. The average molecular weight is 321 g/mol. The fourth-order valence-corrected chi connectivity index (χ4v) is 2.15. The minimum absolute atomic E-state index is 0.191. The summed E-state index contributed by atoms with van der Waals surface area (Å²) in [6.07, 6.45) is 0. The third kappa shape index (κ3) is 3.92. The van der Waals surface area contributed by atoms with Gasteiger partial charge in [-0.1, -0.05) is 36.4 Å². The number of halogens is 1. The lowest BCUT2D eigenvalue weighted by Gasteiger charge is -2.13. The normalized spacial score (nSPS) is 11.6. The van der Waals surface area contributed by atoms with Gasteiger partial charge in [0.25, 0.3) is 0 Å². The van der Waals surface area contributed by atoms with Crippen LogP contribution in [0.25, 0.3) is 0 Å². The van der Waals surface area contributed by atoms with E-state index in [-0.39, 0.29) is 6.61 Å². The van der Waals surface area contributed by atoms with Crippen molar-refractivity contribution in [2.45, 2.75) is 12.0 Å². The Bertz CT molecular complexity index is 628. The molecule has 0 N–H and O–H groups in total. The highest BCUT2D eigenvalue weighted by atomic mass is 35.5. The number of hydrogen-bond acceptors (Lipinski definition) is 4. The third-order valence-electron chi connectivity index (χ3n) is 3.13. The SMILES string of the molecule is COc1ccc([C@H](Cl)C(=O)OCc2ccccc2)cc1OC. The highest BCUT2D eigenvalue weighted by Crippen LogP contribution is 2.32. The van der Waals surface area contributed by atoms with Crippen LogP contribution in [0.5, 0.6) is 11.5 Å². The molecule has 0 heterocycles. The molecule has 116 valence electrons. The van der Waals surface area contributed by atoms with Crippen molar-refractivity contribution < 1.29 is 19.0 Å². The Morgan fingerprint density at radius 2 is 1.73 bits per heavy atom. The highest BCUT2D eigenvalue weighted by molar-refractivity contribution is 6.30. The van der Waals surface area contributed by atoms with Gasteiger partial charge in [0.15, 0.2) is 16.9 Å². The van der Waals surface area contributed by atoms with Crippen LogP contribution in [0.2, 0.25) is 0 Å². The second kappa shape index (κ2) is 7.71. The summed E-state index contributed by atoms with van der Waals surface area (Å²) >= 11 is 6.18. The Kier molecular flexibility index (Phi) is 5.67. The average Bonchev–Trinajstić information content (AvgIpc) is 2.59. The summed E-state index contributed by atoms with van der Waals surface area (Å²) in [7, 11) is 3.07. The molecular formula is C17H17ClO4. The Morgan fingerprint density at radius 3 is 2.36 bits per heavy atom. The molecule has 22 heavy (non-hydrogen) atoms. The number of benzene rings is 2. The van der Waals surface area contributed by atoms with Crippen LogP contribution in [0, 0.1) is 0 Å². The number of rotatable bonds is 6. The largest absolute Gasteiger partial charge is 0.493 e. The van der Waals surface area contributed by atoms with Gasteiger partial charge >= 0.3 is 5.97 Å². The Balaban J connectivity index is 2.04. The van der Waals surface area contributed by atoms with Crippen molar-refractivity contribution in [3.05, 3.63) is 59.7 Å². The zero-order chi connectivity index (χ0) is 15.9. The standard InChI is InChI=1S/C17H17ClO4/c1-20-14-9-8-13(10-15(14)21-2)16(18)17(19)22-11-12-6-4-3-5-7-12/h3-10,16H,11H2,1-2H3/t16-/m0/s1. The summed E-state index contributed by atoms with van der Waals surface area (Å²) < 4.78 is 15.6. The molecule has 0 radical (unpaired) electrons. The molecule has 0 saturated heterocycles. The third-order valence-corrected chi connectivity index (χ3v) is 3.56. The van der Waals surface area contributed by atoms with E-state index in [2.05, 4.69) is 0 Å². The van der Waals surface area contributed by atoms with Crippen molar-refractivity contribution in [2.75, 3.05) is 14.2 Å². The molecular weight excluding hydrogens is 304 g/mol. The van der Waals surface area contributed by atoms with E-state index >= 15 is 0 Å². The Labute approximate surface area is 134 Å². The molecule has 1 atom stereocenters. The van der Waals surface area contributed by atoms with Crippen molar-refractivity contribution >= 4 is 17.6 Å². The van der Waals surface area contributed by atoms with Gasteiger partial charge in [-0.05, 0) is 23.3 Å². The van der Waals surface area contributed by atoms with E-state index in [0.29, 0.717) is 17.1 Å². The number of alkyl halides is 1. The van der Waals surface area contributed by atoms with Crippen LogP contribution in [0.3, 0.4) is 0 Å². The number of hydrogen-bond donors (Lipinski definition) is 0. The Hall–Kier alpha value is -2.20. The van der Waals surface area contributed by atoms with Crippen LogP contribution in [0.15, 0.2) is 48.5 Å². The lowest BCUT2D eigenvalue weighted by atomic mass is 10.1. The molecule has 5 heteroatoms. The van der Waals surface area contributed by atoms with Crippen molar-refractivity contribution in [3.8, 4) is 11.5 Å². The van der Waals surface area contributed by atoms with E-state index in [1.165, 1.54) is 7.11 Å². The van der Waals surface area contributed by atoms with Crippen LogP contribution in [0.1, 0.15) is 16.5 Å². The fourth-order valence-electron chi connectivity index (χ4n) is 1.95. The monoisotopic (exact) mass is 320 g/mol. The number of methoxy groups -OCH3 is 2. The number of carbonyl (C=O) groups is 1. The molecule has 2 rings (SSSR count). The summed E-state index contributed by atoms with van der Waals surface area (Å²) in [4.78, 5) is 12.0. The maximum Gasteiger partial charge on any atom is 0.328 e. The van der Waals surface area contributed by atoms with Crippen LogP contribution < -0.4 is 9.47 Å². The molecule has 0 aliphatic heterocycles. The van der Waals surface area contributed by atoms with Gasteiger partial charge < -0.3 is 14.2 Å². The van der Waals surface area contributed by atoms with Crippen molar-refractivity contribution in [3.63, 3.8) is 0 Å². The molecule has 0 saturated carbocycles. The topological polar surface area (TPSA) is 44.8 Å². The number of carbonyl (C=O) groups excluding carboxylic acids is 1. The minimum atomic E-state index is -0.900. The van der Waals surface area contributed by atoms with Crippen LogP contribution >= 0.6 is 11.6 Å². The first-order valence-electron chi connectivity index (χ1n) is 6.72. The van der Waals surface area contributed by atoms with Gasteiger partial charge in [-0.15, -0.1) is 11.6 Å². The lowest BCUT2D eigenvalue weighted by Crippen LogP contribution is -2.11. The van der Waals surface area contributed by atoms with Gasteiger partial charge in [0.05, 0.1) is 14.2 Å². The number of ether oxygens (including phenoxy) is 3. The smallest absolute Gasteiger partial charge is 0.328 e. The van der Waals surface area contributed by atoms with Gasteiger partial charge in [-0.2, -0.15) is 0 Å². The van der Waals surface area contributed by atoms with Gasteiger partial charge in [0.1, 0.15) is 6.61 Å².